The first-order chi connectivity index (χ1) is 15.5. The molecule has 32 heavy (non-hydrogen) atoms. The van der Waals surface area contributed by atoms with Crippen molar-refractivity contribution in [1.29, 1.82) is 0 Å². The lowest BCUT2D eigenvalue weighted by Crippen LogP contribution is -2.28. The number of hydrogen-bond acceptors (Lipinski definition) is 6. The number of hydrogen-bond donors (Lipinski definition) is 2. The Morgan fingerprint density at radius 3 is 2.81 bits per heavy atom. The average molecular weight is 454 g/mol. The summed E-state index contributed by atoms with van der Waals surface area (Å²) in [6, 6.07) is 12.0. The van der Waals surface area contributed by atoms with Crippen molar-refractivity contribution in [3.63, 3.8) is 0 Å². The maximum atomic E-state index is 12.9. The van der Waals surface area contributed by atoms with Gasteiger partial charge in [0.1, 0.15) is 22.0 Å². The van der Waals surface area contributed by atoms with Gasteiger partial charge in [-0.2, -0.15) is 4.72 Å². The highest BCUT2D eigenvalue weighted by Crippen LogP contribution is 2.43. The first-order valence-corrected chi connectivity index (χ1v) is 11.9. The van der Waals surface area contributed by atoms with Crippen LogP contribution in [0.2, 0.25) is 0 Å². The molecule has 0 amide bonds. The van der Waals surface area contributed by atoms with Crippen LogP contribution in [0.1, 0.15) is 43.2 Å². The quantitative estimate of drug-likeness (QED) is 0.392. The molecule has 1 atom stereocenters. The summed E-state index contributed by atoms with van der Waals surface area (Å²) in [6.45, 7) is 2.09. The van der Waals surface area contributed by atoms with Crippen molar-refractivity contribution in [3.8, 4) is 11.4 Å². The van der Waals surface area contributed by atoms with Crippen LogP contribution in [0.15, 0.2) is 70.5 Å². The zero-order valence-electron chi connectivity index (χ0n) is 17.4. The van der Waals surface area contributed by atoms with Crippen molar-refractivity contribution >= 4 is 21.0 Å². The molecule has 8 nitrogen and oxygen atoms in total. The van der Waals surface area contributed by atoms with E-state index >= 15 is 0 Å². The van der Waals surface area contributed by atoms with E-state index in [9.17, 15) is 13.5 Å². The number of aromatic nitrogens is 2. The topological polar surface area (TPSA) is 107 Å². The Morgan fingerprint density at radius 1 is 1.28 bits per heavy atom. The predicted molar refractivity (Wildman–Crippen MR) is 118 cm³/mol. The fourth-order valence-corrected chi connectivity index (χ4v) is 4.97. The van der Waals surface area contributed by atoms with E-state index in [1.165, 1.54) is 6.07 Å². The summed E-state index contributed by atoms with van der Waals surface area (Å²) in [5.74, 6) is 0.816. The van der Waals surface area contributed by atoms with Crippen LogP contribution in [0, 0.1) is 0 Å². The van der Waals surface area contributed by atoms with Crippen LogP contribution in [0.5, 0.6) is 5.75 Å². The summed E-state index contributed by atoms with van der Waals surface area (Å²) < 4.78 is 41.3. The molecule has 0 aliphatic heterocycles. The van der Waals surface area contributed by atoms with Gasteiger partial charge in [-0.15, -0.1) is 0 Å². The maximum Gasteiger partial charge on any atom is 0.246 e. The van der Waals surface area contributed by atoms with Crippen LogP contribution in [-0.4, -0.2) is 29.7 Å². The second-order valence-electron chi connectivity index (χ2n) is 7.75. The van der Waals surface area contributed by atoms with Gasteiger partial charge in [-0.1, -0.05) is 12.1 Å². The first-order valence-electron chi connectivity index (χ1n) is 10.4. The number of sulfonamides is 1. The summed E-state index contributed by atoms with van der Waals surface area (Å²) in [5, 5.41) is 11.5. The lowest BCUT2D eigenvalue weighted by atomic mass is 10.1. The van der Waals surface area contributed by atoms with Crippen molar-refractivity contribution in [3.05, 3.63) is 72.5 Å². The fraction of sp³-hybridized carbons (Fsp3) is 0.261. The Bertz CT molecular complexity index is 1360. The van der Waals surface area contributed by atoms with Gasteiger partial charge in [-0.3, -0.25) is 0 Å². The number of fused-ring (bicyclic) bond motifs is 1. The molecule has 1 aliphatic carbocycles. The number of imidazole rings is 1. The molecule has 0 radical (unpaired) electrons. The Hall–Kier alpha value is -3.14. The van der Waals surface area contributed by atoms with Crippen molar-refractivity contribution in [2.45, 2.75) is 36.8 Å². The summed E-state index contributed by atoms with van der Waals surface area (Å²) >= 11 is 0. The second kappa shape index (κ2) is 8.09. The van der Waals surface area contributed by atoms with Crippen molar-refractivity contribution < 1.29 is 22.7 Å². The van der Waals surface area contributed by atoms with E-state index in [0.29, 0.717) is 18.1 Å². The molecule has 2 N–H and O–H groups in total. The molecule has 4 aromatic rings. The molecule has 1 fully saturated rings. The minimum atomic E-state index is -4.06. The normalized spacial score (nSPS) is 15.2. The zero-order chi connectivity index (χ0) is 22.3. The minimum Gasteiger partial charge on any atom is -0.492 e. The van der Waals surface area contributed by atoms with Crippen LogP contribution in [-0.2, 0) is 10.0 Å². The minimum absolute atomic E-state index is 0.0489. The number of benzene rings is 2. The molecule has 0 bridgehead atoms. The van der Waals surface area contributed by atoms with Crippen LogP contribution >= 0.6 is 0 Å². The maximum absolute atomic E-state index is 12.9. The highest BCUT2D eigenvalue weighted by Gasteiger charge is 2.28. The Balaban J connectivity index is 1.50. The number of rotatable bonds is 8. The first kappa shape index (κ1) is 20.7. The van der Waals surface area contributed by atoms with Gasteiger partial charge in [-0.05, 0) is 61.6 Å². The number of nitrogens with zero attached hydrogens (tertiary/aromatic N) is 2. The predicted octanol–water partition coefficient (Wildman–Crippen LogP) is 3.86. The molecule has 1 aliphatic rings. The summed E-state index contributed by atoms with van der Waals surface area (Å²) in [5.41, 5.74) is 2.61. The smallest absolute Gasteiger partial charge is 0.246 e. The molecule has 9 heteroatoms. The number of ether oxygens (including phenoxy) is 1. The van der Waals surface area contributed by atoms with Gasteiger partial charge in [0.05, 0.1) is 18.6 Å². The highest BCUT2D eigenvalue weighted by molar-refractivity contribution is 7.89. The monoisotopic (exact) mass is 453 g/mol. The van der Waals surface area contributed by atoms with E-state index in [-0.39, 0.29) is 16.4 Å². The van der Waals surface area contributed by atoms with Crippen LogP contribution < -0.4 is 9.46 Å². The fourth-order valence-electron chi connectivity index (χ4n) is 3.78. The third kappa shape index (κ3) is 3.90. The Labute approximate surface area is 185 Å². The van der Waals surface area contributed by atoms with Gasteiger partial charge in [0.25, 0.3) is 0 Å². The number of aliphatic hydroxyl groups excluding tert-OH is 1. The Morgan fingerprint density at radius 2 is 2.09 bits per heavy atom. The average Bonchev–Trinajstić information content (AvgIpc) is 3.30. The zero-order valence-corrected chi connectivity index (χ0v) is 18.2. The molecule has 0 saturated heterocycles. The number of aliphatic hydroxyl groups is 1. The number of para-hydroxylation sites is 1. The van der Waals surface area contributed by atoms with E-state index in [4.69, 9.17) is 9.15 Å². The lowest BCUT2D eigenvalue weighted by Gasteiger charge is -2.14. The van der Waals surface area contributed by atoms with Crippen LogP contribution in [0.3, 0.4) is 0 Å². The number of nitrogens with one attached hydrogen (secondary N) is 1. The van der Waals surface area contributed by atoms with Gasteiger partial charge in [-0.25, -0.2) is 13.4 Å². The molecule has 2 aromatic carbocycles. The van der Waals surface area contributed by atoms with E-state index in [2.05, 4.69) is 15.8 Å². The second-order valence-corrected chi connectivity index (χ2v) is 9.43. The number of furan rings is 1. The lowest BCUT2D eigenvalue weighted by molar-refractivity contribution is 0.141. The van der Waals surface area contributed by atoms with E-state index in [0.717, 1.165) is 29.5 Å². The van der Waals surface area contributed by atoms with Crippen LogP contribution in [0.4, 0.5) is 0 Å². The molecule has 166 valence electrons. The molecule has 0 spiro atoms. The van der Waals surface area contributed by atoms with Crippen molar-refractivity contribution in [1.82, 2.24) is 14.3 Å². The van der Waals surface area contributed by atoms with Crippen molar-refractivity contribution in [2.75, 3.05) is 6.61 Å². The van der Waals surface area contributed by atoms with E-state index < -0.39 is 16.3 Å². The SMILES string of the molecule is CCOc1ccccc1S(=O)(=O)NC(O)c1cc2c(-n3ccnc3)cc(C3CC3)cc2o1. The van der Waals surface area contributed by atoms with Gasteiger partial charge in [0, 0.05) is 17.8 Å². The van der Waals surface area contributed by atoms with Gasteiger partial charge in [0.2, 0.25) is 10.0 Å². The van der Waals surface area contributed by atoms with Gasteiger partial charge in [0.15, 0.2) is 6.23 Å². The standard InChI is InChI=1S/C23H23N3O5S/c1-2-30-19-5-3-4-6-22(19)32(28,29)25-23(27)21-13-17-18(26-10-9-24-14-26)11-16(15-7-8-15)12-20(17)31-21/h3-6,9-15,23,25,27H,2,7-8H2,1H3. The highest BCUT2D eigenvalue weighted by atomic mass is 32.2. The Kier molecular flexibility index (Phi) is 5.24. The molecule has 5 rings (SSSR count). The van der Waals surface area contributed by atoms with Gasteiger partial charge >= 0.3 is 0 Å². The van der Waals surface area contributed by atoms with Crippen molar-refractivity contribution in [2.24, 2.45) is 0 Å². The molecule has 1 saturated carbocycles. The van der Waals surface area contributed by atoms with Crippen LogP contribution in [0.25, 0.3) is 16.7 Å². The summed E-state index contributed by atoms with van der Waals surface area (Å²) in [4.78, 5) is 4.07. The molecular weight excluding hydrogens is 430 g/mol. The molecule has 2 aromatic heterocycles. The largest absolute Gasteiger partial charge is 0.492 e. The molecule has 2 heterocycles. The third-order valence-electron chi connectivity index (χ3n) is 5.46. The third-order valence-corrected chi connectivity index (χ3v) is 6.91. The molecular formula is C23H23N3O5S. The van der Waals surface area contributed by atoms with E-state index in [1.54, 1.807) is 43.7 Å². The van der Waals surface area contributed by atoms with Gasteiger partial charge < -0.3 is 18.8 Å². The summed E-state index contributed by atoms with van der Waals surface area (Å²) in [7, 11) is -4.06. The summed E-state index contributed by atoms with van der Waals surface area (Å²) in [6.07, 6.45) is 5.91. The molecule has 1 unspecified atom stereocenters. The van der Waals surface area contributed by atoms with E-state index in [1.807, 2.05) is 16.8 Å².